The van der Waals surface area contributed by atoms with E-state index in [9.17, 15) is 12.8 Å². The Hall–Kier alpha value is -0.980. The fraction of sp³-hybridized carbons (Fsp3) is 0.571. The molecule has 0 aromatic heterocycles. The highest BCUT2D eigenvalue weighted by atomic mass is 32.2. The summed E-state index contributed by atoms with van der Waals surface area (Å²) in [6, 6.07) is 4.27. The summed E-state index contributed by atoms with van der Waals surface area (Å²) >= 11 is 0. The molecule has 1 unspecified atom stereocenters. The van der Waals surface area contributed by atoms with Crippen LogP contribution < -0.4 is 10.0 Å². The van der Waals surface area contributed by atoms with Gasteiger partial charge in [-0.2, -0.15) is 0 Å². The minimum absolute atomic E-state index is 0.221. The van der Waals surface area contributed by atoms with E-state index in [1.165, 1.54) is 12.1 Å². The van der Waals surface area contributed by atoms with Crippen molar-refractivity contribution < 1.29 is 12.8 Å². The average Bonchev–Trinajstić information content (AvgIpc) is 2.35. The van der Waals surface area contributed by atoms with E-state index in [4.69, 9.17) is 0 Å². The maximum atomic E-state index is 14.0. The largest absolute Gasteiger partial charge is 0.310 e. The molecule has 0 aliphatic rings. The molecule has 0 aliphatic carbocycles. The first-order chi connectivity index (χ1) is 9.26. The highest BCUT2D eigenvalue weighted by molar-refractivity contribution is 7.89. The van der Waals surface area contributed by atoms with E-state index in [0.29, 0.717) is 13.0 Å². The second kappa shape index (κ2) is 7.15. The van der Waals surface area contributed by atoms with Gasteiger partial charge in [-0.05, 0) is 31.0 Å². The third-order valence-electron chi connectivity index (χ3n) is 2.97. The Morgan fingerprint density at radius 3 is 2.40 bits per heavy atom. The minimum atomic E-state index is -3.80. The maximum Gasteiger partial charge on any atom is 0.243 e. The van der Waals surface area contributed by atoms with Crippen molar-refractivity contribution in [3.05, 3.63) is 29.6 Å². The summed E-state index contributed by atoms with van der Waals surface area (Å²) in [5.41, 5.74) is 0.721. The summed E-state index contributed by atoms with van der Waals surface area (Å²) in [4.78, 5) is -0.300. The standard InChI is InChI=1S/C14H23FN2O2S/c1-5-11(4)17-20(18,19)14-7-6-12(8-13(14)15)9-16-10(2)3/h6-8,10-11,16-17H,5,9H2,1-4H3. The molecule has 4 nitrogen and oxygen atoms in total. The minimum Gasteiger partial charge on any atom is -0.310 e. The van der Waals surface area contributed by atoms with Crippen molar-refractivity contribution in [1.82, 2.24) is 10.0 Å². The van der Waals surface area contributed by atoms with E-state index < -0.39 is 15.8 Å². The molecule has 0 spiro atoms. The van der Waals surface area contributed by atoms with Crippen LogP contribution in [0.5, 0.6) is 0 Å². The molecular weight excluding hydrogens is 279 g/mol. The van der Waals surface area contributed by atoms with Crippen LogP contribution in [0, 0.1) is 5.82 Å². The average molecular weight is 302 g/mol. The van der Waals surface area contributed by atoms with E-state index in [0.717, 1.165) is 5.56 Å². The first kappa shape index (κ1) is 17.1. The second-order valence-electron chi connectivity index (χ2n) is 5.23. The summed E-state index contributed by atoms with van der Waals surface area (Å²) in [6.07, 6.45) is 0.650. The number of rotatable bonds is 7. The van der Waals surface area contributed by atoms with Gasteiger partial charge in [0.15, 0.2) is 0 Å². The molecular formula is C14H23FN2O2S. The van der Waals surface area contributed by atoms with Gasteiger partial charge < -0.3 is 5.32 Å². The van der Waals surface area contributed by atoms with Gasteiger partial charge in [0.05, 0.1) is 0 Å². The second-order valence-corrected chi connectivity index (χ2v) is 6.91. The van der Waals surface area contributed by atoms with Crippen LogP contribution in [0.4, 0.5) is 4.39 Å². The fourth-order valence-electron chi connectivity index (χ4n) is 1.61. The number of halogens is 1. The highest BCUT2D eigenvalue weighted by Crippen LogP contribution is 2.17. The summed E-state index contributed by atoms with van der Waals surface area (Å²) < 4.78 is 40.5. The fourth-order valence-corrected chi connectivity index (χ4v) is 2.99. The lowest BCUT2D eigenvalue weighted by Gasteiger charge is -2.13. The van der Waals surface area contributed by atoms with Gasteiger partial charge in [-0.25, -0.2) is 17.5 Å². The van der Waals surface area contributed by atoms with Crippen LogP contribution in [-0.2, 0) is 16.6 Å². The lowest BCUT2D eigenvalue weighted by Crippen LogP contribution is -2.32. The molecule has 114 valence electrons. The molecule has 6 heteroatoms. The summed E-state index contributed by atoms with van der Waals surface area (Å²) in [7, 11) is -3.80. The number of nitrogens with one attached hydrogen (secondary N) is 2. The van der Waals surface area contributed by atoms with Crippen molar-refractivity contribution in [2.75, 3.05) is 0 Å². The Morgan fingerprint density at radius 2 is 1.90 bits per heavy atom. The molecule has 0 bridgehead atoms. The lowest BCUT2D eigenvalue weighted by molar-refractivity contribution is 0.537. The van der Waals surface area contributed by atoms with Crippen LogP contribution in [0.25, 0.3) is 0 Å². The van der Waals surface area contributed by atoms with Crippen molar-refractivity contribution in [3.8, 4) is 0 Å². The van der Waals surface area contributed by atoms with Crippen LogP contribution in [0.2, 0.25) is 0 Å². The Bertz CT molecular complexity index is 544. The normalized spacial score (nSPS) is 13.7. The zero-order valence-electron chi connectivity index (χ0n) is 12.4. The number of hydrogen-bond acceptors (Lipinski definition) is 3. The molecule has 0 saturated heterocycles. The molecule has 0 heterocycles. The number of sulfonamides is 1. The van der Waals surface area contributed by atoms with E-state index in [1.807, 2.05) is 20.8 Å². The molecule has 1 aromatic rings. The van der Waals surface area contributed by atoms with Gasteiger partial charge in [-0.3, -0.25) is 0 Å². The van der Waals surface area contributed by atoms with Crippen LogP contribution in [0.1, 0.15) is 39.7 Å². The molecule has 0 aliphatic heterocycles. The Kier molecular flexibility index (Phi) is 6.10. The van der Waals surface area contributed by atoms with Crippen molar-refractivity contribution in [1.29, 1.82) is 0 Å². The zero-order chi connectivity index (χ0) is 15.3. The first-order valence-corrected chi connectivity index (χ1v) is 8.28. The van der Waals surface area contributed by atoms with E-state index in [-0.39, 0.29) is 17.0 Å². The van der Waals surface area contributed by atoms with Crippen LogP contribution in [0.15, 0.2) is 23.1 Å². The van der Waals surface area contributed by atoms with Gasteiger partial charge in [0, 0.05) is 18.6 Å². The van der Waals surface area contributed by atoms with Crippen LogP contribution >= 0.6 is 0 Å². The highest BCUT2D eigenvalue weighted by Gasteiger charge is 2.20. The van der Waals surface area contributed by atoms with Crippen LogP contribution in [0.3, 0.4) is 0 Å². The molecule has 0 saturated carbocycles. The molecule has 1 rings (SSSR count). The molecule has 0 fully saturated rings. The molecule has 0 amide bonds. The first-order valence-electron chi connectivity index (χ1n) is 6.80. The third-order valence-corrected chi connectivity index (χ3v) is 4.59. The number of hydrogen-bond donors (Lipinski definition) is 2. The Labute approximate surface area is 120 Å². The monoisotopic (exact) mass is 302 g/mol. The van der Waals surface area contributed by atoms with Gasteiger partial charge in [0.1, 0.15) is 10.7 Å². The zero-order valence-corrected chi connectivity index (χ0v) is 13.2. The topological polar surface area (TPSA) is 58.2 Å². The quantitative estimate of drug-likeness (QED) is 0.813. The van der Waals surface area contributed by atoms with Crippen molar-refractivity contribution in [3.63, 3.8) is 0 Å². The smallest absolute Gasteiger partial charge is 0.243 e. The van der Waals surface area contributed by atoms with Crippen molar-refractivity contribution >= 4 is 10.0 Å². The Morgan fingerprint density at radius 1 is 1.25 bits per heavy atom. The predicted octanol–water partition coefficient (Wildman–Crippen LogP) is 2.40. The van der Waals surface area contributed by atoms with Gasteiger partial charge >= 0.3 is 0 Å². The van der Waals surface area contributed by atoms with Crippen LogP contribution in [-0.4, -0.2) is 20.5 Å². The summed E-state index contributed by atoms with van der Waals surface area (Å²) in [6.45, 7) is 8.10. The molecule has 2 N–H and O–H groups in total. The van der Waals surface area contributed by atoms with Crippen molar-refractivity contribution in [2.45, 2.75) is 57.6 Å². The van der Waals surface area contributed by atoms with Gasteiger partial charge in [-0.15, -0.1) is 0 Å². The van der Waals surface area contributed by atoms with E-state index in [2.05, 4.69) is 10.0 Å². The summed E-state index contributed by atoms with van der Waals surface area (Å²) in [5.74, 6) is -0.719. The molecule has 20 heavy (non-hydrogen) atoms. The molecule has 1 atom stereocenters. The third kappa shape index (κ3) is 4.85. The van der Waals surface area contributed by atoms with Crippen molar-refractivity contribution in [2.24, 2.45) is 0 Å². The predicted molar refractivity (Wildman–Crippen MR) is 78.5 cm³/mol. The SMILES string of the molecule is CCC(C)NS(=O)(=O)c1ccc(CNC(C)C)cc1F. The number of benzene rings is 1. The van der Waals surface area contributed by atoms with E-state index in [1.54, 1.807) is 13.0 Å². The van der Waals surface area contributed by atoms with Gasteiger partial charge in [-0.1, -0.05) is 26.8 Å². The lowest BCUT2D eigenvalue weighted by atomic mass is 10.2. The van der Waals surface area contributed by atoms with Gasteiger partial charge in [0.25, 0.3) is 0 Å². The molecule has 0 radical (unpaired) electrons. The van der Waals surface area contributed by atoms with Gasteiger partial charge in [0.2, 0.25) is 10.0 Å². The Balaban J connectivity index is 2.92. The maximum absolute atomic E-state index is 14.0. The molecule has 1 aromatic carbocycles. The summed E-state index contributed by atoms with van der Waals surface area (Å²) in [5, 5.41) is 3.16. The van der Waals surface area contributed by atoms with E-state index >= 15 is 0 Å².